The Balaban J connectivity index is 2.83. The Morgan fingerprint density at radius 2 is 1.65 bits per heavy atom. The van der Waals surface area contributed by atoms with E-state index in [0.717, 1.165) is 0 Å². The van der Waals surface area contributed by atoms with Crippen LogP contribution in [0.4, 0.5) is 13.2 Å². The van der Waals surface area contributed by atoms with Crippen molar-refractivity contribution >= 4 is 11.9 Å². The molecule has 0 radical (unpaired) electrons. The van der Waals surface area contributed by atoms with Crippen molar-refractivity contribution in [1.29, 1.82) is 0 Å². The Morgan fingerprint density at radius 3 is 2.15 bits per heavy atom. The van der Waals surface area contributed by atoms with Crippen LogP contribution in [0.2, 0.25) is 0 Å². The normalized spacial score (nSPS) is 15.4. The van der Waals surface area contributed by atoms with Crippen molar-refractivity contribution in [2.24, 2.45) is 5.92 Å². The van der Waals surface area contributed by atoms with Gasteiger partial charge >= 0.3 is 6.18 Å². The van der Waals surface area contributed by atoms with E-state index in [0.29, 0.717) is 22.3 Å². The molecule has 1 nitrogen and oxygen atoms in total. The zero-order valence-corrected chi connectivity index (χ0v) is 13.3. The third kappa shape index (κ3) is 5.02. The number of aryl methyl sites for hydroxylation is 1. The number of benzene rings is 1. The van der Waals surface area contributed by atoms with Crippen LogP contribution in [0.1, 0.15) is 50.4 Å². The Labute approximate surface area is 123 Å². The second kappa shape index (κ2) is 6.85. The van der Waals surface area contributed by atoms with Crippen molar-refractivity contribution in [2.75, 3.05) is 0 Å². The summed E-state index contributed by atoms with van der Waals surface area (Å²) in [6.07, 6.45) is -4.29. The fourth-order valence-electron chi connectivity index (χ4n) is 1.64. The Kier molecular flexibility index (Phi) is 5.95. The average Bonchev–Trinajstić information content (AvgIpc) is 2.33. The van der Waals surface area contributed by atoms with Gasteiger partial charge in [-0.15, -0.1) is 0 Å². The summed E-state index contributed by atoms with van der Waals surface area (Å²) in [5.41, 5.74) is 0.717. The minimum atomic E-state index is -4.29. The summed E-state index contributed by atoms with van der Waals surface area (Å²) in [7, 11) is 0. The summed E-state index contributed by atoms with van der Waals surface area (Å²) >= 11 is 1.58. The molecule has 2 atom stereocenters. The van der Waals surface area contributed by atoms with E-state index < -0.39 is 11.7 Å². The maximum Gasteiger partial charge on any atom is 0.416 e. The van der Waals surface area contributed by atoms with Gasteiger partial charge in [0.1, 0.15) is 0 Å². The second-order valence-corrected chi connectivity index (χ2v) is 6.75. The Morgan fingerprint density at radius 1 is 1.05 bits per heavy atom. The molecule has 0 spiro atoms. The second-order valence-electron chi connectivity index (χ2n) is 5.54. The summed E-state index contributed by atoms with van der Waals surface area (Å²) in [5.74, 6) is 0.517. The smallest absolute Gasteiger partial charge is 0.257 e. The van der Waals surface area contributed by atoms with Crippen LogP contribution in [0.5, 0.6) is 0 Å². The molecule has 0 bridgehead atoms. The molecule has 114 valence electrons. The molecule has 0 aliphatic heterocycles. The lowest BCUT2D eigenvalue weighted by Crippen LogP contribution is -2.18. The molecule has 0 saturated heterocycles. The van der Waals surface area contributed by atoms with Gasteiger partial charge in [-0.25, -0.2) is 0 Å². The molecule has 1 unspecified atom stereocenters. The molecule has 0 aliphatic rings. The van der Waals surface area contributed by atoms with Crippen molar-refractivity contribution in [3.05, 3.63) is 34.9 Å². The van der Waals surface area contributed by atoms with Gasteiger partial charge in [0.05, 0.1) is 5.56 Å². The predicted octanol–water partition coefficient (Wildman–Crippen LogP) is 5.36. The highest BCUT2D eigenvalue weighted by atomic mass is 32.2. The lowest BCUT2D eigenvalue weighted by Gasteiger charge is -2.21. The van der Waals surface area contributed by atoms with E-state index in [1.165, 1.54) is 12.1 Å². The highest BCUT2D eigenvalue weighted by molar-refractivity contribution is 7.98. The summed E-state index contributed by atoms with van der Waals surface area (Å²) in [4.78, 5) is 0. The predicted molar refractivity (Wildman–Crippen MR) is 79.6 cm³/mol. The summed E-state index contributed by atoms with van der Waals surface area (Å²) in [6, 6.07) is 4.08. The van der Waals surface area contributed by atoms with Gasteiger partial charge in [-0.3, -0.25) is 4.72 Å². The fraction of sp³-hybridized carbons (Fsp3) is 0.600. The van der Waals surface area contributed by atoms with E-state index in [2.05, 4.69) is 25.5 Å². The summed E-state index contributed by atoms with van der Waals surface area (Å²) in [6.45, 7) is 9.92. The van der Waals surface area contributed by atoms with E-state index in [-0.39, 0.29) is 6.04 Å². The van der Waals surface area contributed by atoms with Crippen molar-refractivity contribution < 1.29 is 13.2 Å². The first-order chi connectivity index (χ1) is 9.11. The molecule has 5 heteroatoms. The van der Waals surface area contributed by atoms with Crippen molar-refractivity contribution in [1.82, 2.24) is 4.72 Å². The number of rotatable bonds is 5. The Hall–Kier alpha value is -0.680. The van der Waals surface area contributed by atoms with E-state index in [1.807, 2.05) is 6.92 Å². The molecule has 1 aromatic rings. The maximum atomic E-state index is 12.8. The van der Waals surface area contributed by atoms with Gasteiger partial charge in [0.15, 0.2) is 0 Å². The Bertz CT molecular complexity index is 443. The molecule has 0 saturated carbocycles. The van der Waals surface area contributed by atoms with Crippen molar-refractivity contribution in [2.45, 2.75) is 52.1 Å². The lowest BCUT2D eigenvalue weighted by atomic mass is 10.0. The number of nitrogens with one attached hydrogen (secondary N) is 1. The molecule has 1 N–H and O–H groups in total. The highest BCUT2D eigenvalue weighted by Gasteiger charge is 2.31. The molecule has 0 aliphatic carbocycles. The van der Waals surface area contributed by atoms with E-state index in [1.54, 1.807) is 24.9 Å². The first kappa shape index (κ1) is 17.4. The van der Waals surface area contributed by atoms with Crippen LogP contribution >= 0.6 is 11.9 Å². The number of hydrogen-bond donors (Lipinski definition) is 1. The largest absolute Gasteiger partial charge is 0.416 e. The average molecular weight is 305 g/mol. The van der Waals surface area contributed by atoms with Gasteiger partial charge < -0.3 is 0 Å². The van der Waals surface area contributed by atoms with Crippen LogP contribution in [0.25, 0.3) is 0 Å². The van der Waals surface area contributed by atoms with E-state index in [4.69, 9.17) is 0 Å². The molecular formula is C15H22F3NS. The number of hydrogen-bond acceptors (Lipinski definition) is 2. The molecule has 0 amide bonds. The summed E-state index contributed by atoms with van der Waals surface area (Å²) < 4.78 is 41.7. The van der Waals surface area contributed by atoms with Crippen LogP contribution in [-0.2, 0) is 6.18 Å². The van der Waals surface area contributed by atoms with Gasteiger partial charge in [-0.05, 0) is 37.5 Å². The molecule has 0 heterocycles. The third-order valence-electron chi connectivity index (χ3n) is 3.30. The van der Waals surface area contributed by atoms with Gasteiger partial charge in [-0.1, -0.05) is 44.3 Å². The van der Waals surface area contributed by atoms with Crippen molar-refractivity contribution in [3.8, 4) is 0 Å². The number of alkyl halides is 3. The van der Waals surface area contributed by atoms with Crippen molar-refractivity contribution in [3.63, 3.8) is 0 Å². The maximum absolute atomic E-state index is 12.8. The molecule has 0 fully saturated rings. The molecular weight excluding hydrogens is 283 g/mol. The van der Waals surface area contributed by atoms with Crippen LogP contribution in [0.15, 0.2) is 18.2 Å². The zero-order valence-electron chi connectivity index (χ0n) is 12.5. The molecule has 0 aromatic heterocycles. The lowest BCUT2D eigenvalue weighted by molar-refractivity contribution is -0.137. The zero-order chi connectivity index (χ0) is 15.5. The van der Waals surface area contributed by atoms with Gasteiger partial charge in [0.2, 0.25) is 0 Å². The minimum absolute atomic E-state index is 0.123. The molecule has 20 heavy (non-hydrogen) atoms. The van der Waals surface area contributed by atoms with Gasteiger partial charge in [-0.2, -0.15) is 13.2 Å². The minimum Gasteiger partial charge on any atom is -0.257 e. The monoisotopic (exact) mass is 305 g/mol. The fourth-order valence-corrected chi connectivity index (χ4v) is 2.47. The third-order valence-corrected chi connectivity index (χ3v) is 4.70. The SMILES string of the molecule is Cc1cc([C@H](C)NSC(C)C(C)C)cc(C(F)(F)F)c1. The number of halogens is 3. The first-order valence-electron chi connectivity index (χ1n) is 6.71. The van der Waals surface area contributed by atoms with E-state index >= 15 is 0 Å². The standard InChI is InChI=1S/C15H22F3NS/c1-9(2)12(5)20-19-11(4)13-6-10(3)7-14(8-13)15(16,17)18/h6-9,11-12,19H,1-5H3/t11-,12?/m0/s1. The van der Waals surface area contributed by atoms with Gasteiger partial charge in [0, 0.05) is 11.3 Å². The first-order valence-corrected chi connectivity index (χ1v) is 7.59. The summed E-state index contributed by atoms with van der Waals surface area (Å²) in [5, 5.41) is 0.407. The quantitative estimate of drug-likeness (QED) is 0.735. The highest BCUT2D eigenvalue weighted by Crippen LogP contribution is 2.32. The van der Waals surface area contributed by atoms with E-state index in [9.17, 15) is 13.2 Å². The molecule has 1 aromatic carbocycles. The molecule has 1 rings (SSSR count). The topological polar surface area (TPSA) is 12.0 Å². The van der Waals surface area contributed by atoms with Gasteiger partial charge in [0.25, 0.3) is 0 Å². The van der Waals surface area contributed by atoms with Crippen LogP contribution in [-0.4, -0.2) is 5.25 Å². The van der Waals surface area contributed by atoms with Crippen LogP contribution < -0.4 is 4.72 Å². The van der Waals surface area contributed by atoms with Crippen LogP contribution in [0, 0.1) is 12.8 Å². The van der Waals surface area contributed by atoms with Crippen LogP contribution in [0.3, 0.4) is 0 Å².